The van der Waals surface area contributed by atoms with Crippen LogP contribution in [0, 0.1) is 5.92 Å². The first-order valence-corrected chi connectivity index (χ1v) is 5.03. The van der Waals surface area contributed by atoms with Gasteiger partial charge in [0.25, 0.3) is 0 Å². The van der Waals surface area contributed by atoms with Crippen LogP contribution in [0.15, 0.2) is 18.2 Å². The number of hydrogen-bond acceptors (Lipinski definition) is 3. The van der Waals surface area contributed by atoms with E-state index in [4.69, 9.17) is 16.2 Å². The molecule has 0 bridgehead atoms. The van der Waals surface area contributed by atoms with Gasteiger partial charge in [-0.2, -0.15) is 0 Å². The van der Waals surface area contributed by atoms with E-state index in [0.29, 0.717) is 11.4 Å². The molecule has 1 saturated carbocycles. The zero-order valence-electron chi connectivity index (χ0n) is 8.20. The maximum absolute atomic E-state index is 5.67. The lowest BCUT2D eigenvalue weighted by molar-refractivity contribution is 0.180. The summed E-state index contributed by atoms with van der Waals surface area (Å²) in [5.74, 6) is 1.57. The summed E-state index contributed by atoms with van der Waals surface area (Å²) in [5, 5.41) is 0. The molecule has 0 heterocycles. The maximum Gasteiger partial charge on any atom is 0.121 e. The smallest absolute Gasteiger partial charge is 0.121 e. The highest BCUT2D eigenvalue weighted by molar-refractivity contribution is 5.65. The fraction of sp³-hybridized carbons (Fsp3) is 0.455. The number of hydrogen-bond donors (Lipinski definition) is 2. The van der Waals surface area contributed by atoms with Gasteiger partial charge in [-0.05, 0) is 30.9 Å². The molecule has 76 valence electrons. The van der Waals surface area contributed by atoms with Crippen molar-refractivity contribution >= 4 is 11.4 Å². The molecule has 0 spiro atoms. The predicted molar refractivity (Wildman–Crippen MR) is 58.1 cm³/mol. The van der Waals surface area contributed by atoms with E-state index in [-0.39, 0.29) is 0 Å². The van der Waals surface area contributed by atoms with Gasteiger partial charge in [0.1, 0.15) is 5.75 Å². The Hall–Kier alpha value is -1.38. The number of benzene rings is 1. The monoisotopic (exact) mass is 192 g/mol. The second-order valence-electron chi connectivity index (χ2n) is 3.90. The van der Waals surface area contributed by atoms with E-state index in [0.717, 1.165) is 18.3 Å². The van der Waals surface area contributed by atoms with Crippen LogP contribution in [0.3, 0.4) is 0 Å². The third kappa shape index (κ3) is 1.92. The van der Waals surface area contributed by atoms with Gasteiger partial charge in [0.2, 0.25) is 0 Å². The topological polar surface area (TPSA) is 61.3 Å². The van der Waals surface area contributed by atoms with E-state index in [2.05, 4.69) is 0 Å². The minimum atomic E-state index is 0.594. The van der Waals surface area contributed by atoms with E-state index in [1.54, 1.807) is 12.1 Å². The number of rotatable bonds is 3. The highest BCUT2D eigenvalue weighted by atomic mass is 16.5. The first-order valence-electron chi connectivity index (χ1n) is 5.03. The molecular weight excluding hydrogens is 176 g/mol. The predicted octanol–water partition coefficient (Wildman–Crippen LogP) is 2.03. The van der Waals surface area contributed by atoms with Gasteiger partial charge in [0.05, 0.1) is 18.0 Å². The van der Waals surface area contributed by atoms with Crippen molar-refractivity contribution in [2.75, 3.05) is 18.1 Å². The van der Waals surface area contributed by atoms with Gasteiger partial charge in [-0.15, -0.1) is 0 Å². The quantitative estimate of drug-likeness (QED) is 0.720. The van der Waals surface area contributed by atoms with Crippen LogP contribution in [-0.4, -0.2) is 6.61 Å². The minimum Gasteiger partial charge on any atom is -0.493 e. The zero-order chi connectivity index (χ0) is 9.97. The number of ether oxygens (including phenoxy) is 1. The molecule has 0 atom stereocenters. The molecule has 0 unspecified atom stereocenters. The van der Waals surface area contributed by atoms with E-state index in [1.165, 1.54) is 19.3 Å². The maximum atomic E-state index is 5.67. The fourth-order valence-electron chi connectivity index (χ4n) is 1.52. The molecule has 0 saturated heterocycles. The number of nitrogen functional groups attached to an aromatic ring is 2. The van der Waals surface area contributed by atoms with Crippen LogP contribution in [-0.2, 0) is 0 Å². The number of anilines is 2. The molecule has 1 aliphatic rings. The average Bonchev–Trinajstić information content (AvgIpc) is 2.08. The lowest BCUT2D eigenvalue weighted by atomic mass is 9.86. The summed E-state index contributed by atoms with van der Waals surface area (Å²) in [6.07, 6.45) is 3.94. The van der Waals surface area contributed by atoms with Crippen molar-refractivity contribution in [2.24, 2.45) is 5.92 Å². The third-order valence-electron chi connectivity index (χ3n) is 2.77. The Balaban J connectivity index is 1.91. The van der Waals surface area contributed by atoms with E-state index in [9.17, 15) is 0 Å². The first-order chi connectivity index (χ1) is 6.75. The molecule has 3 nitrogen and oxygen atoms in total. The van der Waals surface area contributed by atoms with E-state index in [1.807, 2.05) is 6.07 Å². The molecular formula is C11H16N2O. The van der Waals surface area contributed by atoms with Gasteiger partial charge in [-0.25, -0.2) is 0 Å². The second-order valence-corrected chi connectivity index (χ2v) is 3.90. The van der Waals surface area contributed by atoms with Gasteiger partial charge in [0, 0.05) is 6.07 Å². The van der Waals surface area contributed by atoms with Crippen molar-refractivity contribution in [3.05, 3.63) is 18.2 Å². The third-order valence-corrected chi connectivity index (χ3v) is 2.77. The van der Waals surface area contributed by atoms with Crippen LogP contribution in [0.25, 0.3) is 0 Å². The Kier molecular flexibility index (Phi) is 2.48. The van der Waals surface area contributed by atoms with Crippen molar-refractivity contribution in [3.8, 4) is 5.75 Å². The standard InChI is InChI=1S/C11H16N2O/c12-10-5-4-9(6-11(10)13)14-7-8-2-1-3-8/h4-6,8H,1-3,7,12-13H2. The Bertz CT molecular complexity index is 321. The fourth-order valence-corrected chi connectivity index (χ4v) is 1.52. The van der Waals surface area contributed by atoms with Crippen LogP contribution < -0.4 is 16.2 Å². The van der Waals surface area contributed by atoms with Gasteiger partial charge in [-0.3, -0.25) is 0 Å². The van der Waals surface area contributed by atoms with Crippen LogP contribution in [0.1, 0.15) is 19.3 Å². The summed E-state index contributed by atoms with van der Waals surface area (Å²) in [5.41, 5.74) is 12.5. The van der Waals surface area contributed by atoms with Gasteiger partial charge >= 0.3 is 0 Å². The van der Waals surface area contributed by atoms with Crippen LogP contribution >= 0.6 is 0 Å². The normalized spacial score (nSPS) is 16.3. The Labute approximate surface area is 84.0 Å². The van der Waals surface area contributed by atoms with Crippen molar-refractivity contribution < 1.29 is 4.74 Å². The minimum absolute atomic E-state index is 0.594. The lowest BCUT2D eigenvalue weighted by Gasteiger charge is -2.25. The molecule has 1 aliphatic carbocycles. The van der Waals surface area contributed by atoms with Gasteiger partial charge < -0.3 is 16.2 Å². The van der Waals surface area contributed by atoms with Crippen LogP contribution in [0.4, 0.5) is 11.4 Å². The summed E-state index contributed by atoms with van der Waals surface area (Å²) in [6, 6.07) is 5.43. The van der Waals surface area contributed by atoms with Crippen LogP contribution in [0.5, 0.6) is 5.75 Å². The highest BCUT2D eigenvalue weighted by Crippen LogP contribution is 2.28. The van der Waals surface area contributed by atoms with Gasteiger partial charge in [-0.1, -0.05) is 6.42 Å². The highest BCUT2D eigenvalue weighted by Gasteiger charge is 2.17. The molecule has 0 aliphatic heterocycles. The molecule has 14 heavy (non-hydrogen) atoms. The van der Waals surface area contributed by atoms with Crippen molar-refractivity contribution in [1.29, 1.82) is 0 Å². The van der Waals surface area contributed by atoms with E-state index < -0.39 is 0 Å². The summed E-state index contributed by atoms with van der Waals surface area (Å²) >= 11 is 0. The molecule has 4 N–H and O–H groups in total. The SMILES string of the molecule is Nc1ccc(OCC2CCC2)cc1N. The number of nitrogens with two attached hydrogens (primary N) is 2. The van der Waals surface area contributed by atoms with Gasteiger partial charge in [0.15, 0.2) is 0 Å². The Morgan fingerprint density at radius 1 is 1.21 bits per heavy atom. The molecule has 1 fully saturated rings. The largest absolute Gasteiger partial charge is 0.493 e. The molecule has 0 aromatic heterocycles. The average molecular weight is 192 g/mol. The van der Waals surface area contributed by atoms with Crippen molar-refractivity contribution in [1.82, 2.24) is 0 Å². The lowest BCUT2D eigenvalue weighted by Crippen LogP contribution is -2.19. The molecule has 0 radical (unpaired) electrons. The second kappa shape index (κ2) is 3.78. The molecule has 0 amide bonds. The molecule has 1 aromatic carbocycles. The van der Waals surface area contributed by atoms with E-state index >= 15 is 0 Å². The zero-order valence-corrected chi connectivity index (χ0v) is 8.20. The Morgan fingerprint density at radius 3 is 2.57 bits per heavy atom. The summed E-state index contributed by atoms with van der Waals surface area (Å²) < 4.78 is 5.61. The molecule has 3 heteroatoms. The van der Waals surface area contributed by atoms with Crippen molar-refractivity contribution in [2.45, 2.75) is 19.3 Å². The Morgan fingerprint density at radius 2 is 2.00 bits per heavy atom. The first kappa shape index (κ1) is 9.19. The summed E-state index contributed by atoms with van der Waals surface area (Å²) in [6.45, 7) is 0.809. The van der Waals surface area contributed by atoms with Crippen LogP contribution in [0.2, 0.25) is 0 Å². The summed E-state index contributed by atoms with van der Waals surface area (Å²) in [4.78, 5) is 0. The summed E-state index contributed by atoms with van der Waals surface area (Å²) in [7, 11) is 0. The molecule has 2 rings (SSSR count). The molecule has 1 aromatic rings. The van der Waals surface area contributed by atoms with Crippen molar-refractivity contribution in [3.63, 3.8) is 0 Å².